The Hall–Kier alpha value is -0.370. The quantitative estimate of drug-likeness (QED) is 0.437. The van der Waals surface area contributed by atoms with Gasteiger partial charge in [0.1, 0.15) is 6.10 Å². The lowest BCUT2D eigenvalue weighted by atomic mass is 9.81. The van der Waals surface area contributed by atoms with E-state index in [1.807, 2.05) is 0 Å². The summed E-state index contributed by atoms with van der Waals surface area (Å²) in [6.45, 7) is 1.38. The summed E-state index contributed by atoms with van der Waals surface area (Å²) >= 11 is 2.25. The van der Waals surface area contributed by atoms with Crippen LogP contribution in [0.3, 0.4) is 0 Å². The first kappa shape index (κ1) is 13.7. The number of alkyl halides is 1. The Morgan fingerprint density at radius 2 is 2.12 bits per heavy atom. The van der Waals surface area contributed by atoms with E-state index in [2.05, 4.69) is 28.3 Å². The first-order chi connectivity index (χ1) is 7.39. The minimum Gasteiger partial charge on any atom is -0.464 e. The topological polar surface area (TPSA) is 80.2 Å². The molecule has 6 heteroatoms. The van der Waals surface area contributed by atoms with Crippen molar-refractivity contribution < 1.29 is 24.8 Å². The van der Waals surface area contributed by atoms with Gasteiger partial charge in [-0.1, -0.05) is 22.6 Å². The number of carbonyl (C=O) groups excluding carboxylic acids is 2. The van der Waals surface area contributed by atoms with Gasteiger partial charge in [-0.2, -0.15) is 0 Å². The van der Waals surface area contributed by atoms with Crippen LogP contribution in [0.1, 0.15) is 26.2 Å². The Balaban J connectivity index is 2.73. The molecule has 92 valence electrons. The van der Waals surface area contributed by atoms with Gasteiger partial charge in [0.05, 0.1) is 13.5 Å². The molecule has 0 aliphatic heterocycles. The SMILES string of the molecule is COC(=O)[C@]1([NH3+])CC[C@H](I)[C@@H](OC(C)=O)C1. The number of carbonyl (C=O) groups is 2. The van der Waals surface area contributed by atoms with Crippen LogP contribution in [0.25, 0.3) is 0 Å². The van der Waals surface area contributed by atoms with E-state index in [4.69, 9.17) is 9.47 Å². The number of esters is 2. The third-order valence-electron chi connectivity index (χ3n) is 2.83. The van der Waals surface area contributed by atoms with Gasteiger partial charge in [-0.3, -0.25) is 4.79 Å². The van der Waals surface area contributed by atoms with Gasteiger partial charge in [-0.15, -0.1) is 0 Å². The van der Waals surface area contributed by atoms with Crippen molar-refractivity contribution in [1.29, 1.82) is 0 Å². The predicted molar refractivity (Wildman–Crippen MR) is 64.8 cm³/mol. The number of halogens is 1. The second-order valence-electron chi connectivity index (χ2n) is 4.18. The molecule has 5 nitrogen and oxygen atoms in total. The average molecular weight is 342 g/mol. The number of hydrogen-bond donors (Lipinski definition) is 1. The number of ether oxygens (including phenoxy) is 2. The molecule has 0 aromatic heterocycles. The Bertz CT molecular complexity index is 297. The molecule has 0 spiro atoms. The van der Waals surface area contributed by atoms with Crippen molar-refractivity contribution in [3.63, 3.8) is 0 Å². The highest BCUT2D eigenvalue weighted by Gasteiger charge is 2.48. The number of methoxy groups -OCH3 is 1. The van der Waals surface area contributed by atoms with Crippen LogP contribution in [-0.4, -0.2) is 34.6 Å². The first-order valence-corrected chi connectivity index (χ1v) is 6.38. The molecule has 3 N–H and O–H groups in total. The molecule has 1 rings (SSSR count). The fraction of sp³-hybridized carbons (Fsp3) is 0.800. The molecular weight excluding hydrogens is 325 g/mol. The Kier molecular flexibility index (Phi) is 4.54. The zero-order valence-corrected chi connectivity index (χ0v) is 11.7. The summed E-state index contributed by atoms with van der Waals surface area (Å²) in [6, 6.07) is 0. The minimum absolute atomic E-state index is 0.237. The summed E-state index contributed by atoms with van der Waals surface area (Å²) in [6.07, 6.45) is 1.66. The zero-order valence-electron chi connectivity index (χ0n) is 9.49. The van der Waals surface area contributed by atoms with E-state index in [9.17, 15) is 9.59 Å². The van der Waals surface area contributed by atoms with Crippen LogP contribution < -0.4 is 5.73 Å². The van der Waals surface area contributed by atoms with Gasteiger partial charge >= 0.3 is 11.9 Å². The number of hydrogen-bond acceptors (Lipinski definition) is 4. The van der Waals surface area contributed by atoms with E-state index >= 15 is 0 Å². The molecule has 1 fully saturated rings. The third-order valence-corrected chi connectivity index (χ3v) is 4.25. The number of quaternary nitrogens is 1. The fourth-order valence-electron chi connectivity index (χ4n) is 1.95. The molecule has 0 unspecified atom stereocenters. The van der Waals surface area contributed by atoms with Gasteiger partial charge in [0.15, 0.2) is 5.54 Å². The van der Waals surface area contributed by atoms with Gasteiger partial charge < -0.3 is 15.2 Å². The average Bonchev–Trinajstić information content (AvgIpc) is 2.22. The standard InChI is InChI=1S/C10H16INO4/c1-6(13)16-8-5-10(12,9(14)15-2)4-3-7(8)11/h7-8H,3-5,12H2,1-2H3/p+1/t7-,8-,10-/m0/s1. The molecule has 1 saturated carbocycles. The molecule has 1 aliphatic carbocycles. The lowest BCUT2D eigenvalue weighted by Crippen LogP contribution is -2.79. The van der Waals surface area contributed by atoms with Gasteiger partial charge in [0, 0.05) is 17.3 Å². The second-order valence-corrected chi connectivity index (χ2v) is 5.78. The summed E-state index contributed by atoms with van der Waals surface area (Å²) in [5.41, 5.74) is 3.16. The smallest absolute Gasteiger partial charge is 0.367 e. The van der Waals surface area contributed by atoms with Crippen LogP contribution in [0.15, 0.2) is 0 Å². The minimum atomic E-state index is -0.767. The summed E-state index contributed by atoms with van der Waals surface area (Å²) in [7, 11) is 1.35. The van der Waals surface area contributed by atoms with Crippen molar-refractivity contribution in [3.8, 4) is 0 Å². The highest BCUT2D eigenvalue weighted by Crippen LogP contribution is 2.32. The van der Waals surface area contributed by atoms with Crippen LogP contribution in [0.4, 0.5) is 0 Å². The molecule has 0 aromatic carbocycles. The van der Waals surface area contributed by atoms with E-state index < -0.39 is 5.54 Å². The first-order valence-electron chi connectivity index (χ1n) is 5.14. The van der Waals surface area contributed by atoms with E-state index in [1.165, 1.54) is 14.0 Å². The van der Waals surface area contributed by atoms with Crippen molar-refractivity contribution in [1.82, 2.24) is 0 Å². The van der Waals surface area contributed by atoms with Crippen LogP contribution >= 0.6 is 22.6 Å². The summed E-state index contributed by atoms with van der Waals surface area (Å²) in [5.74, 6) is -0.645. The maximum Gasteiger partial charge on any atom is 0.367 e. The normalized spacial score (nSPS) is 34.2. The van der Waals surface area contributed by atoms with Gasteiger partial charge in [-0.25, -0.2) is 4.79 Å². The molecule has 0 heterocycles. The monoisotopic (exact) mass is 342 g/mol. The van der Waals surface area contributed by atoms with E-state index in [-0.39, 0.29) is 22.0 Å². The van der Waals surface area contributed by atoms with Crippen molar-refractivity contribution >= 4 is 34.5 Å². The highest BCUT2D eigenvalue weighted by molar-refractivity contribution is 14.1. The highest BCUT2D eigenvalue weighted by atomic mass is 127. The Morgan fingerprint density at radius 3 is 2.62 bits per heavy atom. The van der Waals surface area contributed by atoms with E-state index in [0.717, 1.165) is 6.42 Å². The maximum absolute atomic E-state index is 11.6. The van der Waals surface area contributed by atoms with Crippen molar-refractivity contribution in [2.45, 2.75) is 41.8 Å². The summed E-state index contributed by atoms with van der Waals surface area (Å²) in [5, 5.41) is 0. The molecular formula is C10H17INO4+. The molecule has 16 heavy (non-hydrogen) atoms. The lowest BCUT2D eigenvalue weighted by Gasteiger charge is -2.35. The van der Waals surface area contributed by atoms with Crippen molar-refractivity contribution in [2.75, 3.05) is 7.11 Å². The predicted octanol–water partition coefficient (Wildman–Crippen LogP) is 0.0593. The summed E-state index contributed by atoms with van der Waals surface area (Å²) in [4.78, 5) is 22.5. The van der Waals surface area contributed by atoms with Gasteiger partial charge in [0.2, 0.25) is 0 Å². The fourth-order valence-corrected chi connectivity index (χ4v) is 2.66. The zero-order chi connectivity index (χ0) is 12.3. The second kappa shape index (κ2) is 5.31. The maximum atomic E-state index is 11.6. The van der Waals surface area contributed by atoms with Gasteiger partial charge in [0.25, 0.3) is 0 Å². The van der Waals surface area contributed by atoms with Crippen LogP contribution in [-0.2, 0) is 19.1 Å². The number of rotatable bonds is 2. The molecule has 0 bridgehead atoms. The molecule has 3 atom stereocenters. The Labute approximate surface area is 108 Å². The molecule has 0 amide bonds. The van der Waals surface area contributed by atoms with Crippen LogP contribution in [0.2, 0.25) is 0 Å². The van der Waals surface area contributed by atoms with E-state index in [0.29, 0.717) is 12.8 Å². The third kappa shape index (κ3) is 3.07. The van der Waals surface area contributed by atoms with Crippen molar-refractivity contribution in [3.05, 3.63) is 0 Å². The van der Waals surface area contributed by atoms with E-state index in [1.54, 1.807) is 0 Å². The largest absolute Gasteiger partial charge is 0.464 e. The van der Waals surface area contributed by atoms with Gasteiger partial charge in [-0.05, 0) is 6.42 Å². The van der Waals surface area contributed by atoms with Crippen molar-refractivity contribution in [2.24, 2.45) is 0 Å². The van der Waals surface area contributed by atoms with Crippen LogP contribution in [0, 0.1) is 0 Å². The summed E-state index contributed by atoms with van der Waals surface area (Å²) < 4.78 is 10.2. The van der Waals surface area contributed by atoms with Crippen LogP contribution in [0.5, 0.6) is 0 Å². The molecule has 0 saturated heterocycles. The molecule has 0 radical (unpaired) electrons. The lowest BCUT2D eigenvalue weighted by molar-refractivity contribution is -0.471. The Morgan fingerprint density at radius 1 is 1.50 bits per heavy atom. The molecule has 0 aromatic rings. The molecule has 1 aliphatic rings.